The van der Waals surface area contributed by atoms with Gasteiger partial charge in [0, 0.05) is 13.5 Å². The zero-order valence-corrected chi connectivity index (χ0v) is 9.95. The van der Waals surface area contributed by atoms with Gasteiger partial charge < -0.3 is 4.90 Å². The maximum atomic E-state index is 11.2. The second-order valence-corrected chi connectivity index (χ2v) is 4.59. The lowest BCUT2D eigenvalue weighted by molar-refractivity contribution is -0.135. The van der Waals surface area contributed by atoms with E-state index in [0.717, 1.165) is 13.0 Å². The number of carbonyl (C=O) groups excluding carboxylic acids is 2. The van der Waals surface area contributed by atoms with Crippen molar-refractivity contribution in [2.24, 2.45) is 5.92 Å². The van der Waals surface area contributed by atoms with Gasteiger partial charge in [0.05, 0.1) is 6.04 Å². The first kappa shape index (κ1) is 12.2. The van der Waals surface area contributed by atoms with Crippen LogP contribution in [0.15, 0.2) is 0 Å². The normalized spacial score (nSPS) is 28.1. The first-order chi connectivity index (χ1) is 7.04. The van der Waals surface area contributed by atoms with E-state index in [1.54, 1.807) is 11.8 Å². The minimum atomic E-state index is -0.164. The molecule has 0 spiro atoms. The van der Waals surface area contributed by atoms with Crippen LogP contribution in [0.4, 0.5) is 0 Å². The van der Waals surface area contributed by atoms with Gasteiger partial charge in [0.1, 0.15) is 0 Å². The van der Waals surface area contributed by atoms with Crippen LogP contribution < -0.4 is 0 Å². The second-order valence-electron chi connectivity index (χ2n) is 4.59. The van der Waals surface area contributed by atoms with Gasteiger partial charge in [-0.1, -0.05) is 26.2 Å². The topological polar surface area (TPSA) is 37.4 Å². The standard InChI is InChI=1S/C9H15NO2.C3H6/c1-6-4-5-10(8(3)12)9(6)7(2)11;1-2-3-1/h6,9H,4-5H2,1-3H3;1-3H2. The molecule has 86 valence electrons. The Morgan fingerprint density at radius 2 is 1.67 bits per heavy atom. The van der Waals surface area contributed by atoms with Crippen molar-refractivity contribution in [2.45, 2.75) is 52.5 Å². The average molecular weight is 211 g/mol. The number of hydrogen-bond acceptors (Lipinski definition) is 2. The van der Waals surface area contributed by atoms with E-state index in [-0.39, 0.29) is 17.7 Å². The molecule has 15 heavy (non-hydrogen) atoms. The molecule has 0 bridgehead atoms. The lowest BCUT2D eigenvalue weighted by atomic mass is 10.00. The maximum absolute atomic E-state index is 11.2. The Morgan fingerprint density at radius 3 is 1.93 bits per heavy atom. The van der Waals surface area contributed by atoms with Gasteiger partial charge >= 0.3 is 0 Å². The van der Waals surface area contributed by atoms with Crippen molar-refractivity contribution in [3.05, 3.63) is 0 Å². The molecule has 0 aromatic heterocycles. The first-order valence-electron chi connectivity index (χ1n) is 5.81. The van der Waals surface area contributed by atoms with E-state index < -0.39 is 0 Å². The Labute approximate surface area is 91.8 Å². The molecule has 2 unspecified atom stereocenters. The van der Waals surface area contributed by atoms with Gasteiger partial charge in [-0.05, 0) is 19.3 Å². The van der Waals surface area contributed by atoms with Crippen molar-refractivity contribution < 1.29 is 9.59 Å². The van der Waals surface area contributed by atoms with Gasteiger partial charge in [-0.25, -0.2) is 0 Å². The molecule has 1 aliphatic heterocycles. The first-order valence-corrected chi connectivity index (χ1v) is 5.81. The Kier molecular flexibility index (Phi) is 4.30. The van der Waals surface area contributed by atoms with Gasteiger partial charge in [0.2, 0.25) is 5.91 Å². The third kappa shape index (κ3) is 3.65. The highest BCUT2D eigenvalue weighted by atomic mass is 16.2. The van der Waals surface area contributed by atoms with Crippen LogP contribution in [0.1, 0.15) is 46.5 Å². The fourth-order valence-corrected chi connectivity index (χ4v) is 1.92. The third-order valence-corrected chi connectivity index (χ3v) is 2.87. The number of rotatable bonds is 1. The molecular formula is C12H21NO2. The second kappa shape index (κ2) is 5.29. The zero-order valence-electron chi connectivity index (χ0n) is 9.95. The molecule has 0 aromatic rings. The molecule has 1 aliphatic carbocycles. The number of carbonyl (C=O) groups is 2. The maximum Gasteiger partial charge on any atom is 0.220 e. The predicted octanol–water partition coefficient (Wildman–Crippen LogP) is 2.00. The molecule has 1 heterocycles. The van der Waals surface area contributed by atoms with Gasteiger partial charge in [0.15, 0.2) is 5.78 Å². The molecule has 3 nitrogen and oxygen atoms in total. The molecule has 1 saturated carbocycles. The summed E-state index contributed by atoms with van der Waals surface area (Å²) in [6.45, 7) is 5.84. The van der Waals surface area contributed by atoms with Crippen molar-refractivity contribution in [1.29, 1.82) is 0 Å². The Hall–Kier alpha value is -0.860. The zero-order chi connectivity index (χ0) is 11.4. The highest BCUT2D eigenvalue weighted by molar-refractivity contribution is 5.87. The van der Waals surface area contributed by atoms with Crippen molar-refractivity contribution in [3.63, 3.8) is 0 Å². The number of ketones is 1. The number of amides is 1. The summed E-state index contributed by atoms with van der Waals surface area (Å²) in [5.41, 5.74) is 0. The van der Waals surface area contributed by atoms with Crippen LogP contribution in [0.3, 0.4) is 0 Å². The molecule has 2 rings (SSSR count). The molecule has 1 saturated heterocycles. The molecule has 2 fully saturated rings. The summed E-state index contributed by atoms with van der Waals surface area (Å²) in [5, 5.41) is 0. The number of nitrogens with zero attached hydrogens (tertiary/aromatic N) is 1. The summed E-state index contributed by atoms with van der Waals surface area (Å²) in [4.78, 5) is 23.9. The van der Waals surface area contributed by atoms with Crippen molar-refractivity contribution in [3.8, 4) is 0 Å². The van der Waals surface area contributed by atoms with E-state index in [0.29, 0.717) is 5.92 Å². The van der Waals surface area contributed by atoms with E-state index >= 15 is 0 Å². The van der Waals surface area contributed by atoms with Crippen molar-refractivity contribution in [2.75, 3.05) is 6.54 Å². The van der Waals surface area contributed by atoms with Crippen LogP contribution in [-0.2, 0) is 9.59 Å². The Morgan fingerprint density at radius 1 is 1.13 bits per heavy atom. The van der Waals surface area contributed by atoms with Crippen LogP contribution in [-0.4, -0.2) is 29.2 Å². The van der Waals surface area contributed by atoms with E-state index in [1.807, 2.05) is 6.92 Å². The van der Waals surface area contributed by atoms with Gasteiger partial charge in [-0.15, -0.1) is 0 Å². The summed E-state index contributed by atoms with van der Waals surface area (Å²) >= 11 is 0. The van der Waals surface area contributed by atoms with Crippen LogP contribution in [0.2, 0.25) is 0 Å². The van der Waals surface area contributed by atoms with Crippen LogP contribution in [0, 0.1) is 5.92 Å². The van der Waals surface area contributed by atoms with E-state index in [9.17, 15) is 9.59 Å². The quantitative estimate of drug-likeness (QED) is 0.665. The monoisotopic (exact) mass is 211 g/mol. The molecule has 3 heteroatoms. The molecule has 0 radical (unpaired) electrons. The summed E-state index contributed by atoms with van der Waals surface area (Å²) in [6.07, 6.45) is 5.45. The molecule has 2 aliphatic rings. The molecule has 2 atom stereocenters. The minimum absolute atomic E-state index is 0.0135. The van der Waals surface area contributed by atoms with E-state index in [2.05, 4.69) is 0 Å². The number of hydrogen-bond donors (Lipinski definition) is 0. The molecule has 0 aromatic carbocycles. The SMILES string of the molecule is C1CC1.CC(=O)C1C(C)CCN1C(C)=O. The summed E-state index contributed by atoms with van der Waals surface area (Å²) in [7, 11) is 0. The summed E-state index contributed by atoms with van der Waals surface area (Å²) < 4.78 is 0. The summed E-state index contributed by atoms with van der Waals surface area (Å²) in [6, 6.07) is -0.164. The van der Waals surface area contributed by atoms with Crippen LogP contribution >= 0.6 is 0 Å². The van der Waals surface area contributed by atoms with E-state index in [4.69, 9.17) is 0 Å². The molecule has 0 N–H and O–H groups in total. The highest BCUT2D eigenvalue weighted by Gasteiger charge is 2.35. The predicted molar refractivity (Wildman–Crippen MR) is 59.5 cm³/mol. The van der Waals surface area contributed by atoms with Gasteiger partial charge in [0.25, 0.3) is 0 Å². The number of likely N-dealkylation sites (tertiary alicyclic amines) is 1. The van der Waals surface area contributed by atoms with Crippen LogP contribution in [0.25, 0.3) is 0 Å². The van der Waals surface area contributed by atoms with E-state index in [1.165, 1.54) is 26.2 Å². The Bertz CT molecular complexity index is 245. The fraction of sp³-hybridized carbons (Fsp3) is 0.833. The lowest BCUT2D eigenvalue weighted by Gasteiger charge is -2.22. The summed E-state index contributed by atoms with van der Waals surface area (Å²) in [5.74, 6) is 0.446. The molecule has 1 amide bonds. The minimum Gasteiger partial charge on any atom is -0.333 e. The lowest BCUT2D eigenvalue weighted by Crippen LogP contribution is -2.40. The number of Topliss-reactive ketones (excluding diaryl/α,β-unsaturated/α-hetero) is 1. The molecular weight excluding hydrogens is 190 g/mol. The largest absolute Gasteiger partial charge is 0.333 e. The van der Waals surface area contributed by atoms with Gasteiger partial charge in [-0.2, -0.15) is 0 Å². The Balaban J connectivity index is 0.000000319. The average Bonchev–Trinajstić information content (AvgIpc) is 2.94. The van der Waals surface area contributed by atoms with Gasteiger partial charge in [-0.3, -0.25) is 9.59 Å². The third-order valence-electron chi connectivity index (χ3n) is 2.87. The fourth-order valence-electron chi connectivity index (χ4n) is 1.92. The van der Waals surface area contributed by atoms with Crippen LogP contribution in [0.5, 0.6) is 0 Å². The van der Waals surface area contributed by atoms with Crippen molar-refractivity contribution >= 4 is 11.7 Å². The van der Waals surface area contributed by atoms with Crippen molar-refractivity contribution in [1.82, 2.24) is 4.90 Å². The smallest absolute Gasteiger partial charge is 0.220 e. The highest BCUT2D eigenvalue weighted by Crippen LogP contribution is 2.24.